The van der Waals surface area contributed by atoms with Gasteiger partial charge in [0.25, 0.3) is 5.56 Å². The lowest BCUT2D eigenvalue weighted by atomic mass is 9.93. The quantitative estimate of drug-likeness (QED) is 0.192. The van der Waals surface area contributed by atoms with E-state index >= 15 is 0 Å². The van der Waals surface area contributed by atoms with E-state index in [0.29, 0.717) is 49.9 Å². The van der Waals surface area contributed by atoms with Crippen molar-refractivity contribution in [3.8, 4) is 17.1 Å². The minimum Gasteiger partial charge on any atom is -0.496 e. The normalized spacial score (nSPS) is 15.1. The first-order chi connectivity index (χ1) is 19.7. The summed E-state index contributed by atoms with van der Waals surface area (Å²) >= 11 is 8.42. The molecule has 5 rings (SSSR count). The van der Waals surface area contributed by atoms with E-state index in [2.05, 4.69) is 31.9 Å². The second kappa shape index (κ2) is 12.3. The highest BCUT2D eigenvalue weighted by atomic mass is 79.9. The highest BCUT2D eigenvalue weighted by Crippen LogP contribution is 2.38. The first-order valence-corrected chi connectivity index (χ1v) is 15.6. The molecule has 0 amide bonds. The number of fused-ring (bicyclic) bond motifs is 1. The van der Waals surface area contributed by atoms with Crippen molar-refractivity contribution in [3.63, 3.8) is 0 Å². The van der Waals surface area contributed by atoms with E-state index < -0.39 is 12.0 Å². The molecule has 212 valence electrons. The average molecular weight is 700 g/mol. The zero-order valence-electron chi connectivity index (χ0n) is 23.0. The Hall–Kier alpha value is -3.21. The van der Waals surface area contributed by atoms with Crippen LogP contribution in [-0.4, -0.2) is 24.3 Å². The number of hydrogen-bond donors (Lipinski definition) is 0. The molecule has 0 saturated carbocycles. The molecule has 7 nitrogen and oxygen atoms in total. The summed E-state index contributed by atoms with van der Waals surface area (Å²) in [6.45, 7) is 6.01. The maximum atomic E-state index is 14.1. The van der Waals surface area contributed by atoms with Crippen LogP contribution < -0.4 is 19.6 Å². The highest BCUT2D eigenvalue weighted by Gasteiger charge is 2.36. The molecule has 1 aliphatic rings. The number of halogens is 2. The SMILES string of the molecule is CCCC1=C(C(=O)OCC)[C@@H](c2cc(Br)ccc2OC)n2c(s/c(=C/c3ccc(-c4ccc(C)cc4Br)o3)c2=O)=N1. The predicted octanol–water partition coefficient (Wildman–Crippen LogP) is 6.68. The summed E-state index contributed by atoms with van der Waals surface area (Å²) in [5.74, 6) is 1.27. The third-order valence-corrected chi connectivity index (χ3v) is 8.80. The van der Waals surface area contributed by atoms with Gasteiger partial charge in [-0.05, 0) is 68.3 Å². The molecule has 1 aliphatic heterocycles. The van der Waals surface area contributed by atoms with Crippen molar-refractivity contribution in [2.75, 3.05) is 13.7 Å². The lowest BCUT2D eigenvalue weighted by Gasteiger charge is -2.27. The number of thiazole rings is 1. The molecule has 3 heterocycles. The Morgan fingerprint density at radius 3 is 2.66 bits per heavy atom. The van der Waals surface area contributed by atoms with E-state index in [1.807, 2.05) is 62.4 Å². The molecule has 0 unspecified atom stereocenters. The Morgan fingerprint density at radius 2 is 1.95 bits per heavy atom. The number of ether oxygens (including phenoxy) is 2. The number of furan rings is 1. The molecule has 0 saturated heterocycles. The molecule has 41 heavy (non-hydrogen) atoms. The highest BCUT2D eigenvalue weighted by molar-refractivity contribution is 9.10. The lowest BCUT2D eigenvalue weighted by Crippen LogP contribution is -2.40. The summed E-state index contributed by atoms with van der Waals surface area (Å²) in [5, 5.41) is 0. The van der Waals surface area contributed by atoms with E-state index in [0.717, 1.165) is 26.5 Å². The number of aromatic nitrogens is 1. The number of carbonyl (C=O) groups is 1. The third-order valence-electron chi connectivity index (χ3n) is 6.67. The fourth-order valence-electron chi connectivity index (χ4n) is 4.86. The Bertz CT molecular complexity index is 1850. The number of benzene rings is 2. The third kappa shape index (κ3) is 5.78. The van der Waals surface area contributed by atoms with Gasteiger partial charge in [-0.25, -0.2) is 9.79 Å². The average Bonchev–Trinajstić information content (AvgIpc) is 3.52. The van der Waals surface area contributed by atoms with Gasteiger partial charge in [0.15, 0.2) is 4.80 Å². The van der Waals surface area contributed by atoms with Gasteiger partial charge >= 0.3 is 5.97 Å². The first kappa shape index (κ1) is 29.3. The topological polar surface area (TPSA) is 83.0 Å². The number of allylic oxidation sites excluding steroid dienone is 1. The smallest absolute Gasteiger partial charge is 0.338 e. The van der Waals surface area contributed by atoms with Crippen LogP contribution in [0.1, 0.15) is 49.6 Å². The number of rotatable bonds is 8. The van der Waals surface area contributed by atoms with Crippen LogP contribution >= 0.6 is 43.2 Å². The second-order valence-electron chi connectivity index (χ2n) is 9.49. The molecular formula is C31H28Br2N2O5S. The van der Waals surface area contributed by atoms with Gasteiger partial charge in [-0.3, -0.25) is 9.36 Å². The minimum absolute atomic E-state index is 0.201. The van der Waals surface area contributed by atoms with Gasteiger partial charge in [0.1, 0.15) is 23.3 Å². The number of esters is 1. The maximum Gasteiger partial charge on any atom is 0.338 e. The zero-order chi connectivity index (χ0) is 29.3. The summed E-state index contributed by atoms with van der Waals surface area (Å²) in [6, 6.07) is 14.5. The van der Waals surface area contributed by atoms with Crippen LogP contribution in [0.5, 0.6) is 5.75 Å². The maximum absolute atomic E-state index is 14.1. The van der Waals surface area contributed by atoms with Crippen molar-refractivity contribution in [1.82, 2.24) is 4.57 Å². The van der Waals surface area contributed by atoms with Gasteiger partial charge in [0.05, 0.1) is 29.5 Å². The van der Waals surface area contributed by atoms with E-state index in [1.54, 1.807) is 24.7 Å². The molecule has 4 aromatic rings. The van der Waals surface area contributed by atoms with Crippen LogP contribution in [0.3, 0.4) is 0 Å². The fraction of sp³-hybridized carbons (Fsp3) is 0.258. The van der Waals surface area contributed by atoms with E-state index in [-0.39, 0.29) is 12.2 Å². The Balaban J connectivity index is 1.71. The summed E-state index contributed by atoms with van der Waals surface area (Å²) in [5.41, 5.74) is 3.37. The molecule has 0 bridgehead atoms. The standard InChI is InChI=1S/C31H28Br2N2O5S/c1-5-7-23-27(30(37)39-6-2)28(21-15-18(32)9-12-24(21)38-4)35-29(36)26(41-31(35)34-23)16-19-10-13-25(40-19)20-11-8-17(3)14-22(20)33/h8-16,28H,5-7H2,1-4H3/b26-16+/t28-/m1/s1. The van der Waals surface area contributed by atoms with E-state index in [9.17, 15) is 9.59 Å². The summed E-state index contributed by atoms with van der Waals surface area (Å²) in [7, 11) is 1.57. The van der Waals surface area contributed by atoms with Crippen molar-refractivity contribution >= 4 is 55.2 Å². The summed E-state index contributed by atoms with van der Waals surface area (Å²) in [6.07, 6.45) is 3.04. The van der Waals surface area contributed by atoms with Crippen LogP contribution in [0.15, 0.2) is 83.0 Å². The van der Waals surface area contributed by atoms with Crippen molar-refractivity contribution in [1.29, 1.82) is 0 Å². The van der Waals surface area contributed by atoms with Crippen LogP contribution in [0.25, 0.3) is 17.4 Å². The van der Waals surface area contributed by atoms with Gasteiger partial charge in [0.2, 0.25) is 0 Å². The molecule has 10 heteroatoms. The fourth-order valence-corrected chi connectivity index (χ4v) is 6.93. The van der Waals surface area contributed by atoms with Crippen LogP contribution in [-0.2, 0) is 9.53 Å². The van der Waals surface area contributed by atoms with Crippen molar-refractivity contribution in [3.05, 3.63) is 105 Å². The van der Waals surface area contributed by atoms with E-state index in [4.69, 9.17) is 18.9 Å². The largest absolute Gasteiger partial charge is 0.496 e. The van der Waals surface area contributed by atoms with Gasteiger partial charge < -0.3 is 13.9 Å². The van der Waals surface area contributed by atoms with Crippen molar-refractivity contribution in [2.24, 2.45) is 4.99 Å². The number of carbonyl (C=O) groups excluding carboxylic acids is 1. The monoisotopic (exact) mass is 698 g/mol. The second-order valence-corrected chi connectivity index (χ2v) is 12.3. The minimum atomic E-state index is -0.780. The summed E-state index contributed by atoms with van der Waals surface area (Å²) < 4.78 is 21.0. The molecule has 0 N–H and O–H groups in total. The van der Waals surface area contributed by atoms with Gasteiger partial charge in [-0.15, -0.1) is 0 Å². The van der Waals surface area contributed by atoms with Crippen LogP contribution in [0.4, 0.5) is 0 Å². The molecule has 0 fully saturated rings. The van der Waals surface area contributed by atoms with Gasteiger partial charge in [0, 0.05) is 26.1 Å². The molecule has 0 spiro atoms. The van der Waals surface area contributed by atoms with Crippen LogP contribution in [0, 0.1) is 6.92 Å². The molecule has 0 aliphatic carbocycles. The molecular weight excluding hydrogens is 672 g/mol. The Labute approximate surface area is 258 Å². The number of aryl methyl sites for hydroxylation is 1. The Kier molecular flexibility index (Phi) is 8.82. The lowest BCUT2D eigenvalue weighted by molar-refractivity contribution is -0.139. The number of nitrogens with zero attached hydrogens (tertiary/aromatic N) is 2. The zero-order valence-corrected chi connectivity index (χ0v) is 27.0. The molecule has 2 aromatic heterocycles. The Morgan fingerprint density at radius 1 is 1.15 bits per heavy atom. The molecule has 0 radical (unpaired) electrons. The molecule has 2 aromatic carbocycles. The molecule has 1 atom stereocenters. The number of hydrogen-bond acceptors (Lipinski definition) is 7. The number of methoxy groups -OCH3 is 1. The van der Waals surface area contributed by atoms with Crippen molar-refractivity contribution in [2.45, 2.75) is 39.7 Å². The van der Waals surface area contributed by atoms with Gasteiger partial charge in [-0.1, -0.05) is 62.6 Å². The van der Waals surface area contributed by atoms with E-state index in [1.165, 1.54) is 11.3 Å². The van der Waals surface area contributed by atoms with Crippen molar-refractivity contribution < 1.29 is 18.7 Å². The summed E-state index contributed by atoms with van der Waals surface area (Å²) in [4.78, 5) is 32.8. The predicted molar refractivity (Wildman–Crippen MR) is 167 cm³/mol. The van der Waals surface area contributed by atoms with Crippen LogP contribution in [0.2, 0.25) is 0 Å². The van der Waals surface area contributed by atoms with Gasteiger partial charge in [-0.2, -0.15) is 0 Å². The first-order valence-electron chi connectivity index (χ1n) is 13.2.